The van der Waals surface area contributed by atoms with Crippen LogP contribution in [0.15, 0.2) is 30.3 Å². The number of alkyl halides is 1. The Bertz CT molecular complexity index is 1300. The number of aromatic nitrogens is 1. The largest absolute Gasteiger partial charge is 0.370 e. The molecule has 3 heterocycles. The van der Waals surface area contributed by atoms with Crippen LogP contribution in [-0.2, 0) is 29.0 Å². The fourth-order valence-corrected chi connectivity index (χ4v) is 5.84. The molecule has 0 saturated heterocycles. The number of benzene rings is 1. The topological polar surface area (TPSA) is 113 Å². The third-order valence-corrected chi connectivity index (χ3v) is 7.94. The van der Waals surface area contributed by atoms with Crippen LogP contribution in [0, 0.1) is 0 Å². The predicted octanol–water partition coefficient (Wildman–Crippen LogP) is 4.22. The van der Waals surface area contributed by atoms with Gasteiger partial charge in [0.2, 0.25) is 5.91 Å². The summed E-state index contributed by atoms with van der Waals surface area (Å²) in [7, 11) is 2.03. The lowest BCUT2D eigenvalue weighted by Gasteiger charge is -2.20. The van der Waals surface area contributed by atoms with Crippen LogP contribution in [0.2, 0.25) is 4.34 Å². The number of nitrogens with zero attached hydrogens (tertiary/aromatic N) is 2. The minimum absolute atomic E-state index is 0.107. The number of hydrogen-bond donors (Lipinski definition) is 3. The monoisotopic (exact) mass is 581 g/mol. The summed E-state index contributed by atoms with van der Waals surface area (Å²) in [6, 6.07) is 8.46. The molecule has 2 aromatic heterocycles. The molecule has 0 unspecified atom stereocenters. The lowest BCUT2D eigenvalue weighted by Crippen LogP contribution is -2.25. The Morgan fingerprint density at radius 1 is 1.14 bits per heavy atom. The number of hydrogen-bond acceptors (Lipinski definition) is 8. The molecule has 9 nitrogen and oxygen atoms in total. The number of carbonyl (C=O) groups excluding carboxylic acids is 3. The molecular weight excluding hydrogens is 557 g/mol. The second kappa shape index (κ2) is 12.8. The van der Waals surface area contributed by atoms with Crippen molar-refractivity contribution in [2.45, 2.75) is 19.5 Å². The minimum Gasteiger partial charge on any atom is -0.370 e. The highest BCUT2D eigenvalue weighted by atomic mass is 35.5. The van der Waals surface area contributed by atoms with E-state index in [-0.39, 0.29) is 37.5 Å². The Morgan fingerprint density at radius 3 is 2.73 bits per heavy atom. The molecule has 1 aliphatic rings. The van der Waals surface area contributed by atoms with Crippen LogP contribution in [-0.4, -0.2) is 60.3 Å². The zero-order chi connectivity index (χ0) is 26.4. The summed E-state index contributed by atoms with van der Waals surface area (Å²) in [5.74, 6) is -0.815. The van der Waals surface area contributed by atoms with Crippen LogP contribution in [0.1, 0.15) is 35.6 Å². The maximum Gasteiger partial charge on any atom is 0.284 e. The average molecular weight is 583 g/mol. The number of likely N-dealkylation sites (N-methyl/N-ethyl adjacent to an activating group) is 1. The van der Waals surface area contributed by atoms with E-state index in [1.165, 1.54) is 22.7 Å². The molecule has 3 aromatic rings. The molecule has 0 aliphatic carbocycles. The molecular formula is C24H25Cl2N5O4S2. The molecule has 1 aliphatic heterocycles. The molecule has 37 heavy (non-hydrogen) atoms. The van der Waals surface area contributed by atoms with Crippen molar-refractivity contribution in [2.24, 2.45) is 0 Å². The highest BCUT2D eigenvalue weighted by Gasteiger charge is 2.23. The molecule has 0 saturated carbocycles. The van der Waals surface area contributed by atoms with Gasteiger partial charge in [-0.05, 0) is 30.8 Å². The molecule has 0 radical (unpaired) electrons. The maximum atomic E-state index is 13.2. The van der Waals surface area contributed by atoms with Gasteiger partial charge in [0.15, 0.2) is 5.01 Å². The molecule has 3 amide bonds. The van der Waals surface area contributed by atoms with Crippen molar-refractivity contribution in [3.05, 3.63) is 60.7 Å². The van der Waals surface area contributed by atoms with E-state index in [4.69, 9.17) is 27.9 Å². The summed E-state index contributed by atoms with van der Waals surface area (Å²) in [6.45, 7) is 1.79. The molecule has 196 valence electrons. The van der Waals surface area contributed by atoms with Crippen molar-refractivity contribution in [1.82, 2.24) is 15.2 Å². The van der Waals surface area contributed by atoms with Crippen molar-refractivity contribution in [3.8, 4) is 0 Å². The first-order chi connectivity index (χ1) is 17.8. The quantitative estimate of drug-likeness (QED) is 0.244. The standard InChI is InChI=1S/C24H25Cl2N5O4S2/c1-31-9-7-15-18(12-31)37-24(29-15)23(34)30-21-14(11-27-22(33)17-5-6-19(26)36-17)3-2-4-16(21)28-20(32)13-35-10-8-25/h2-6H,7-13H2,1H3,(H,27,33)(H,28,32)(H,30,34). The van der Waals surface area contributed by atoms with Crippen molar-refractivity contribution < 1.29 is 19.1 Å². The van der Waals surface area contributed by atoms with E-state index in [1.807, 2.05) is 7.05 Å². The highest BCUT2D eigenvalue weighted by Crippen LogP contribution is 2.30. The van der Waals surface area contributed by atoms with Crippen LogP contribution in [0.5, 0.6) is 0 Å². The van der Waals surface area contributed by atoms with Gasteiger partial charge in [0.1, 0.15) is 6.61 Å². The van der Waals surface area contributed by atoms with Crippen molar-refractivity contribution >= 4 is 75.0 Å². The van der Waals surface area contributed by atoms with Gasteiger partial charge >= 0.3 is 0 Å². The SMILES string of the molecule is CN1CCc2nc(C(=O)Nc3c(CNC(=O)c4ccc(Cl)s4)cccc3NC(=O)COCCCl)sc2C1. The number of ether oxygens (including phenoxy) is 1. The first-order valence-corrected chi connectivity index (χ1v) is 14.0. The Labute approximate surface area is 232 Å². The van der Waals surface area contributed by atoms with E-state index in [2.05, 4.69) is 25.8 Å². The van der Waals surface area contributed by atoms with Crippen LogP contribution < -0.4 is 16.0 Å². The maximum absolute atomic E-state index is 13.2. The number of fused-ring (bicyclic) bond motifs is 1. The Kier molecular flexibility index (Phi) is 9.52. The van der Waals surface area contributed by atoms with Gasteiger partial charge in [-0.1, -0.05) is 23.7 Å². The third-order valence-electron chi connectivity index (χ3n) is 5.47. The highest BCUT2D eigenvalue weighted by molar-refractivity contribution is 7.18. The summed E-state index contributed by atoms with van der Waals surface area (Å²) < 4.78 is 5.72. The number of anilines is 2. The summed E-state index contributed by atoms with van der Waals surface area (Å²) in [5, 5.41) is 8.86. The zero-order valence-corrected chi connectivity index (χ0v) is 23.1. The molecule has 0 fully saturated rings. The van der Waals surface area contributed by atoms with Crippen molar-refractivity contribution in [3.63, 3.8) is 0 Å². The molecule has 4 rings (SSSR count). The summed E-state index contributed by atoms with van der Waals surface area (Å²) in [6.07, 6.45) is 0.786. The lowest BCUT2D eigenvalue weighted by atomic mass is 10.1. The van der Waals surface area contributed by atoms with E-state index in [0.717, 1.165) is 30.1 Å². The van der Waals surface area contributed by atoms with Crippen LogP contribution in [0.4, 0.5) is 11.4 Å². The van der Waals surface area contributed by atoms with Gasteiger partial charge in [0.25, 0.3) is 11.8 Å². The number of thiophene rings is 1. The third kappa shape index (κ3) is 7.28. The number of para-hydroxylation sites is 1. The normalized spacial score (nSPS) is 13.2. The van der Waals surface area contributed by atoms with E-state index in [0.29, 0.717) is 31.2 Å². The number of rotatable bonds is 10. The smallest absolute Gasteiger partial charge is 0.284 e. The number of thiazole rings is 1. The summed E-state index contributed by atoms with van der Waals surface area (Å²) in [4.78, 5) is 46.5. The number of carbonyl (C=O) groups is 3. The molecule has 1 aromatic carbocycles. The molecule has 0 spiro atoms. The van der Waals surface area contributed by atoms with Crippen LogP contribution in [0.3, 0.4) is 0 Å². The van der Waals surface area contributed by atoms with E-state index >= 15 is 0 Å². The number of amides is 3. The second-order valence-electron chi connectivity index (χ2n) is 8.25. The fraction of sp³-hybridized carbons (Fsp3) is 0.333. The van der Waals surface area contributed by atoms with Gasteiger partial charge in [-0.15, -0.1) is 34.3 Å². The number of halogens is 2. The minimum atomic E-state index is -0.400. The lowest BCUT2D eigenvalue weighted by molar-refractivity contribution is -0.120. The van der Waals surface area contributed by atoms with Gasteiger partial charge in [0, 0.05) is 36.8 Å². The van der Waals surface area contributed by atoms with Crippen LogP contribution >= 0.6 is 45.9 Å². The molecule has 3 N–H and O–H groups in total. The Balaban J connectivity index is 1.55. The van der Waals surface area contributed by atoms with Gasteiger partial charge in [-0.2, -0.15) is 0 Å². The summed E-state index contributed by atoms with van der Waals surface area (Å²) in [5.41, 5.74) is 2.28. The van der Waals surface area contributed by atoms with E-state index < -0.39 is 5.91 Å². The van der Waals surface area contributed by atoms with Crippen molar-refractivity contribution in [2.75, 3.05) is 43.3 Å². The second-order valence-corrected chi connectivity index (χ2v) is 11.4. The zero-order valence-electron chi connectivity index (χ0n) is 19.9. The Hall–Kier alpha value is -2.54. The molecule has 0 atom stereocenters. The fourth-order valence-electron chi connectivity index (χ4n) is 3.69. The van der Waals surface area contributed by atoms with Gasteiger partial charge in [-0.3, -0.25) is 14.4 Å². The van der Waals surface area contributed by atoms with Crippen molar-refractivity contribution in [1.29, 1.82) is 0 Å². The number of nitrogens with one attached hydrogen (secondary N) is 3. The molecule has 0 bridgehead atoms. The average Bonchev–Trinajstić information content (AvgIpc) is 3.50. The van der Waals surface area contributed by atoms with E-state index in [9.17, 15) is 14.4 Å². The first-order valence-electron chi connectivity index (χ1n) is 11.4. The van der Waals surface area contributed by atoms with Crippen LogP contribution in [0.25, 0.3) is 0 Å². The predicted molar refractivity (Wildman–Crippen MR) is 147 cm³/mol. The van der Waals surface area contributed by atoms with Gasteiger partial charge < -0.3 is 25.6 Å². The van der Waals surface area contributed by atoms with Gasteiger partial charge in [0.05, 0.1) is 32.9 Å². The van der Waals surface area contributed by atoms with Gasteiger partial charge in [-0.25, -0.2) is 4.98 Å². The first kappa shape index (κ1) is 27.5. The van der Waals surface area contributed by atoms with E-state index in [1.54, 1.807) is 30.3 Å². The summed E-state index contributed by atoms with van der Waals surface area (Å²) >= 11 is 14.1. The Morgan fingerprint density at radius 2 is 1.97 bits per heavy atom. The molecule has 13 heteroatoms.